The molecule has 3 rings (SSSR count). The molecule has 0 saturated heterocycles. The molecule has 1 atom stereocenters. The fraction of sp³-hybridized carbons (Fsp3) is 0.333. The number of ether oxygens (including phenoxy) is 1. The van der Waals surface area contributed by atoms with Crippen molar-refractivity contribution in [3.63, 3.8) is 0 Å². The van der Waals surface area contributed by atoms with Gasteiger partial charge < -0.3 is 4.74 Å². The molecule has 0 fully saturated rings. The summed E-state index contributed by atoms with van der Waals surface area (Å²) in [7, 11) is -0.281. The standard InChI is InChI=1S/C18H21OP/c1-13-8-5-6-9-14(13)15-10-7-11-16-17(15)20(12-19-16)18(2,3)4/h5-11H,12H2,1-4H3/t20-/m1/s1. The average Bonchev–Trinajstić information content (AvgIpc) is 2.83. The minimum absolute atomic E-state index is 0.277. The average molecular weight is 284 g/mol. The van der Waals surface area contributed by atoms with E-state index < -0.39 is 0 Å². The molecule has 2 heteroatoms. The Kier molecular flexibility index (Phi) is 3.34. The van der Waals surface area contributed by atoms with E-state index >= 15 is 0 Å². The summed E-state index contributed by atoms with van der Waals surface area (Å²) in [6.45, 7) is 9.16. The van der Waals surface area contributed by atoms with Crippen molar-refractivity contribution < 1.29 is 4.74 Å². The fourth-order valence-corrected chi connectivity index (χ4v) is 5.08. The SMILES string of the molecule is Cc1ccccc1-c1cccc2c1[P@](C(C)(C)C)CO2. The lowest BCUT2D eigenvalue weighted by atomic mass is 10.0. The lowest BCUT2D eigenvalue weighted by Gasteiger charge is -2.27. The largest absolute Gasteiger partial charge is 0.488 e. The molecule has 0 aromatic heterocycles. The molecule has 1 heterocycles. The van der Waals surface area contributed by atoms with Gasteiger partial charge in [0.15, 0.2) is 0 Å². The van der Waals surface area contributed by atoms with Crippen LogP contribution in [0.3, 0.4) is 0 Å². The predicted octanol–water partition coefficient (Wildman–Crippen LogP) is 4.92. The molecule has 0 unspecified atom stereocenters. The van der Waals surface area contributed by atoms with Gasteiger partial charge in [-0.05, 0) is 42.8 Å². The van der Waals surface area contributed by atoms with Crippen LogP contribution in [0.25, 0.3) is 11.1 Å². The first-order valence-electron chi connectivity index (χ1n) is 7.08. The van der Waals surface area contributed by atoms with E-state index in [1.165, 1.54) is 22.0 Å². The van der Waals surface area contributed by atoms with Crippen molar-refractivity contribution in [2.24, 2.45) is 0 Å². The zero-order chi connectivity index (χ0) is 14.3. The van der Waals surface area contributed by atoms with Gasteiger partial charge in [0, 0.05) is 5.30 Å². The molecule has 1 nitrogen and oxygen atoms in total. The summed E-state index contributed by atoms with van der Waals surface area (Å²) in [5.41, 5.74) is 4.03. The molecule has 0 N–H and O–H groups in total. The van der Waals surface area contributed by atoms with E-state index in [9.17, 15) is 0 Å². The Bertz CT molecular complexity index is 640. The van der Waals surface area contributed by atoms with Gasteiger partial charge in [0.25, 0.3) is 0 Å². The third kappa shape index (κ3) is 2.25. The van der Waals surface area contributed by atoms with Crippen LogP contribution in [0.2, 0.25) is 0 Å². The van der Waals surface area contributed by atoms with Crippen LogP contribution in [0.4, 0.5) is 0 Å². The molecule has 104 valence electrons. The highest BCUT2D eigenvalue weighted by Gasteiger charge is 2.35. The van der Waals surface area contributed by atoms with Crippen molar-refractivity contribution >= 4 is 13.2 Å². The molecule has 0 aliphatic carbocycles. The first-order chi connectivity index (χ1) is 9.48. The minimum Gasteiger partial charge on any atom is -0.488 e. The van der Waals surface area contributed by atoms with E-state index in [1.807, 2.05) is 0 Å². The second-order valence-electron chi connectivity index (χ2n) is 6.34. The highest BCUT2D eigenvalue weighted by Crippen LogP contribution is 2.55. The summed E-state index contributed by atoms with van der Waals surface area (Å²) < 4.78 is 5.97. The summed E-state index contributed by atoms with van der Waals surface area (Å²) in [5.74, 6) is 1.09. The Labute approximate surface area is 122 Å². The summed E-state index contributed by atoms with van der Waals surface area (Å²) in [6.07, 6.45) is 0.858. The molecule has 2 aromatic rings. The molecular weight excluding hydrogens is 263 g/mol. The van der Waals surface area contributed by atoms with Gasteiger partial charge in [-0.1, -0.05) is 57.2 Å². The molecule has 1 aliphatic rings. The Morgan fingerprint density at radius 1 is 0.950 bits per heavy atom. The molecule has 0 radical (unpaired) electrons. The number of hydrogen-bond acceptors (Lipinski definition) is 1. The lowest BCUT2D eigenvalue weighted by molar-refractivity contribution is 0.400. The number of benzene rings is 2. The quantitative estimate of drug-likeness (QED) is 0.675. The normalized spacial score (nSPS) is 17.7. The van der Waals surface area contributed by atoms with Crippen LogP contribution in [0.1, 0.15) is 26.3 Å². The first-order valence-corrected chi connectivity index (χ1v) is 8.60. The number of fused-ring (bicyclic) bond motifs is 1. The van der Waals surface area contributed by atoms with Crippen molar-refractivity contribution in [2.75, 3.05) is 6.35 Å². The smallest absolute Gasteiger partial charge is 0.128 e. The fourth-order valence-electron chi connectivity index (χ4n) is 2.74. The number of hydrogen-bond donors (Lipinski definition) is 0. The monoisotopic (exact) mass is 284 g/mol. The van der Waals surface area contributed by atoms with Crippen LogP contribution in [0, 0.1) is 6.92 Å². The van der Waals surface area contributed by atoms with Gasteiger partial charge in [0.05, 0.1) is 0 Å². The Hall–Kier alpha value is -1.33. The zero-order valence-electron chi connectivity index (χ0n) is 12.6. The van der Waals surface area contributed by atoms with Gasteiger partial charge in [0.2, 0.25) is 0 Å². The maximum Gasteiger partial charge on any atom is 0.128 e. The molecule has 1 aliphatic heterocycles. The van der Waals surface area contributed by atoms with Gasteiger partial charge in [-0.3, -0.25) is 0 Å². The van der Waals surface area contributed by atoms with E-state index in [0.29, 0.717) is 0 Å². The van der Waals surface area contributed by atoms with Gasteiger partial charge in [-0.25, -0.2) is 0 Å². The summed E-state index contributed by atoms with van der Waals surface area (Å²) >= 11 is 0. The maximum atomic E-state index is 5.97. The number of aryl methyl sites for hydroxylation is 1. The molecule has 0 amide bonds. The predicted molar refractivity (Wildman–Crippen MR) is 88.4 cm³/mol. The molecule has 0 bridgehead atoms. The Morgan fingerprint density at radius 3 is 2.35 bits per heavy atom. The van der Waals surface area contributed by atoms with Crippen molar-refractivity contribution in [3.8, 4) is 16.9 Å². The van der Waals surface area contributed by atoms with Gasteiger partial charge in [0.1, 0.15) is 12.1 Å². The van der Waals surface area contributed by atoms with E-state index in [2.05, 4.69) is 70.2 Å². The van der Waals surface area contributed by atoms with Gasteiger partial charge >= 0.3 is 0 Å². The van der Waals surface area contributed by atoms with Crippen molar-refractivity contribution in [2.45, 2.75) is 32.9 Å². The van der Waals surface area contributed by atoms with E-state index in [-0.39, 0.29) is 13.1 Å². The van der Waals surface area contributed by atoms with E-state index in [1.54, 1.807) is 0 Å². The molecule has 0 spiro atoms. The van der Waals surface area contributed by atoms with Crippen LogP contribution in [-0.4, -0.2) is 11.5 Å². The third-order valence-electron chi connectivity index (χ3n) is 3.86. The van der Waals surface area contributed by atoms with Crippen molar-refractivity contribution in [1.29, 1.82) is 0 Å². The van der Waals surface area contributed by atoms with E-state index in [4.69, 9.17) is 4.74 Å². The van der Waals surface area contributed by atoms with Crippen LogP contribution >= 0.6 is 7.92 Å². The second-order valence-corrected chi connectivity index (χ2v) is 9.24. The molecule has 2 aromatic carbocycles. The van der Waals surface area contributed by atoms with Gasteiger partial charge in [-0.15, -0.1) is 0 Å². The topological polar surface area (TPSA) is 9.23 Å². The number of rotatable bonds is 1. The maximum absolute atomic E-state index is 5.97. The minimum atomic E-state index is -0.281. The van der Waals surface area contributed by atoms with Crippen molar-refractivity contribution in [1.82, 2.24) is 0 Å². The van der Waals surface area contributed by atoms with Crippen LogP contribution in [-0.2, 0) is 0 Å². The summed E-state index contributed by atoms with van der Waals surface area (Å²) in [6, 6.07) is 15.1. The highest BCUT2D eigenvalue weighted by molar-refractivity contribution is 7.67. The summed E-state index contributed by atoms with van der Waals surface area (Å²) in [4.78, 5) is 0. The van der Waals surface area contributed by atoms with E-state index in [0.717, 1.165) is 12.1 Å². The molecule has 0 saturated carbocycles. The van der Waals surface area contributed by atoms with Crippen LogP contribution in [0.15, 0.2) is 42.5 Å². The first kappa shape index (κ1) is 13.6. The summed E-state index contributed by atoms with van der Waals surface area (Å²) in [5, 5.41) is 1.73. The van der Waals surface area contributed by atoms with Crippen LogP contribution < -0.4 is 10.0 Å². The van der Waals surface area contributed by atoms with Gasteiger partial charge in [-0.2, -0.15) is 0 Å². The highest BCUT2D eigenvalue weighted by atomic mass is 31.1. The molecule has 20 heavy (non-hydrogen) atoms. The Balaban J connectivity index is 2.21. The zero-order valence-corrected chi connectivity index (χ0v) is 13.5. The Morgan fingerprint density at radius 2 is 1.65 bits per heavy atom. The molecular formula is C18H21OP. The van der Waals surface area contributed by atoms with Crippen LogP contribution in [0.5, 0.6) is 5.75 Å². The lowest BCUT2D eigenvalue weighted by Crippen LogP contribution is -2.19. The van der Waals surface area contributed by atoms with Crippen molar-refractivity contribution in [3.05, 3.63) is 48.0 Å². The third-order valence-corrected chi connectivity index (χ3v) is 6.87. The second kappa shape index (κ2) is 4.90.